The van der Waals surface area contributed by atoms with E-state index in [9.17, 15) is 0 Å². The molecule has 2 heterocycles. The molecule has 3 heteroatoms. The van der Waals surface area contributed by atoms with Gasteiger partial charge in [0.2, 0.25) is 0 Å². The molecule has 1 atom stereocenters. The van der Waals surface area contributed by atoms with Crippen molar-refractivity contribution in [2.24, 2.45) is 0 Å². The third-order valence-corrected chi connectivity index (χ3v) is 13.5. The number of hydrogen-bond acceptors (Lipinski definition) is 2. The van der Waals surface area contributed by atoms with Gasteiger partial charge in [-0.3, -0.25) is 0 Å². The molecule has 1 aromatic heterocycles. The van der Waals surface area contributed by atoms with Crippen LogP contribution in [-0.2, 0) is 5.41 Å². The first kappa shape index (κ1) is 36.3. The topological polar surface area (TPSA) is 11.4 Å². The summed E-state index contributed by atoms with van der Waals surface area (Å²) in [5.74, 6) is 0. The molecule has 13 rings (SSSR count). The average molecular weight is 816 g/mol. The first-order chi connectivity index (χ1) is 31.8. The number of fused-ring (bicyclic) bond motifs is 8. The van der Waals surface area contributed by atoms with Gasteiger partial charge in [0.05, 0.1) is 27.8 Å². The van der Waals surface area contributed by atoms with Gasteiger partial charge in [0.1, 0.15) is 0 Å². The smallest absolute Gasteiger partial charge is 0.0754 e. The molecule has 300 valence electrons. The van der Waals surface area contributed by atoms with Crippen molar-refractivity contribution in [3.8, 4) is 27.9 Å². The summed E-state index contributed by atoms with van der Waals surface area (Å²) in [4.78, 5) is 4.83. The van der Waals surface area contributed by atoms with Crippen molar-refractivity contribution in [2.75, 3.05) is 9.80 Å². The van der Waals surface area contributed by atoms with Gasteiger partial charge in [0, 0.05) is 44.8 Å². The molecule has 10 aromatic carbocycles. The second kappa shape index (κ2) is 14.3. The van der Waals surface area contributed by atoms with Crippen LogP contribution in [0.5, 0.6) is 0 Å². The largest absolute Gasteiger partial charge is 0.310 e. The summed E-state index contributed by atoms with van der Waals surface area (Å²) in [5.41, 5.74) is 20.0. The molecule has 1 aliphatic heterocycles. The van der Waals surface area contributed by atoms with E-state index in [2.05, 4.69) is 263 Å². The van der Waals surface area contributed by atoms with E-state index in [1.807, 2.05) is 0 Å². The van der Waals surface area contributed by atoms with Crippen molar-refractivity contribution < 1.29 is 0 Å². The van der Waals surface area contributed by atoms with E-state index in [-0.39, 0.29) is 0 Å². The van der Waals surface area contributed by atoms with E-state index in [0.29, 0.717) is 0 Å². The Hall–Kier alpha value is -8.40. The normalized spacial score (nSPS) is 14.6. The fourth-order valence-electron chi connectivity index (χ4n) is 10.9. The second-order valence-corrected chi connectivity index (χ2v) is 16.9. The summed E-state index contributed by atoms with van der Waals surface area (Å²) in [6.45, 7) is 0. The number of aromatic nitrogens is 1. The molecule has 64 heavy (non-hydrogen) atoms. The molecule has 0 N–H and O–H groups in total. The summed E-state index contributed by atoms with van der Waals surface area (Å²) in [6.07, 6.45) is 0. The summed E-state index contributed by atoms with van der Waals surface area (Å²) in [5, 5.41) is 2.48. The molecule has 0 bridgehead atoms. The number of hydrogen-bond donors (Lipinski definition) is 0. The van der Waals surface area contributed by atoms with Gasteiger partial charge >= 0.3 is 0 Å². The highest BCUT2D eigenvalue weighted by Crippen LogP contribution is 2.65. The molecule has 1 unspecified atom stereocenters. The lowest BCUT2D eigenvalue weighted by molar-refractivity contribution is 0.754. The van der Waals surface area contributed by atoms with Crippen molar-refractivity contribution in [3.05, 3.63) is 271 Å². The lowest BCUT2D eigenvalue weighted by Gasteiger charge is -2.44. The quantitative estimate of drug-likeness (QED) is 0.159. The van der Waals surface area contributed by atoms with Crippen LogP contribution in [0.1, 0.15) is 22.3 Å². The van der Waals surface area contributed by atoms with Crippen LogP contribution < -0.4 is 9.80 Å². The lowest BCUT2D eigenvalue weighted by Crippen LogP contribution is -2.35. The van der Waals surface area contributed by atoms with Crippen LogP contribution in [0.2, 0.25) is 0 Å². The molecule has 3 nitrogen and oxygen atoms in total. The summed E-state index contributed by atoms with van der Waals surface area (Å²) in [6, 6.07) is 91.2. The maximum absolute atomic E-state index is 2.47. The molecule has 0 fully saturated rings. The van der Waals surface area contributed by atoms with Crippen LogP contribution in [-0.4, -0.2) is 4.57 Å². The maximum atomic E-state index is 2.47. The molecule has 0 saturated carbocycles. The number of para-hydroxylation sites is 5. The number of rotatable bonds is 7. The van der Waals surface area contributed by atoms with E-state index in [0.717, 1.165) is 28.4 Å². The number of anilines is 6. The number of benzene rings is 10. The van der Waals surface area contributed by atoms with Gasteiger partial charge in [0.25, 0.3) is 0 Å². The van der Waals surface area contributed by atoms with Gasteiger partial charge in [-0.2, -0.15) is 0 Å². The minimum Gasteiger partial charge on any atom is -0.310 e. The highest BCUT2D eigenvalue weighted by atomic mass is 15.2. The van der Waals surface area contributed by atoms with E-state index in [4.69, 9.17) is 0 Å². The first-order valence-electron chi connectivity index (χ1n) is 22.1. The maximum Gasteiger partial charge on any atom is 0.0754 e. The molecular weight excluding hydrogens is 775 g/mol. The van der Waals surface area contributed by atoms with Gasteiger partial charge in [-0.1, -0.05) is 164 Å². The lowest BCUT2D eigenvalue weighted by atomic mass is 9.64. The van der Waals surface area contributed by atoms with Crippen LogP contribution in [0.25, 0.3) is 49.7 Å². The Morgan fingerprint density at radius 1 is 0.344 bits per heavy atom. The predicted octanol–water partition coefficient (Wildman–Crippen LogP) is 16.1. The SMILES string of the molecule is c1ccc(N(c2ccc(-c3ccc4c(c3)C3(c5ccccc5)c5ccccc5N(c5ccccc5)c5cccc-4c53)cc2)c2ccc3c4ccccc4n(-c4ccccc4)c3c2)cc1. The van der Waals surface area contributed by atoms with Crippen molar-refractivity contribution in [3.63, 3.8) is 0 Å². The Morgan fingerprint density at radius 2 is 0.938 bits per heavy atom. The fourth-order valence-corrected chi connectivity index (χ4v) is 10.9. The zero-order valence-corrected chi connectivity index (χ0v) is 35.0. The third-order valence-electron chi connectivity index (χ3n) is 13.5. The van der Waals surface area contributed by atoms with Gasteiger partial charge in [-0.25, -0.2) is 0 Å². The predicted molar refractivity (Wildman–Crippen MR) is 266 cm³/mol. The molecule has 0 radical (unpaired) electrons. The number of nitrogens with zero attached hydrogens (tertiary/aromatic N) is 3. The molecule has 0 amide bonds. The van der Waals surface area contributed by atoms with Crippen LogP contribution in [0.4, 0.5) is 34.1 Å². The standard InChI is InChI=1S/C61H41N3/c1-5-18-44(19-6-1)61-54-28-14-16-30-57(54)64(47-24-11-4-12-25-47)58-31-17-27-53(60(58)61)50-38-34-43(40-55(50)61)42-32-35-48(36-33-42)62(45-20-7-2-8-21-45)49-37-39-52-51-26-13-15-29-56(51)63(59(52)41-49)46-22-9-3-10-23-46/h1-41H. The van der Waals surface area contributed by atoms with Crippen molar-refractivity contribution >= 4 is 55.9 Å². The van der Waals surface area contributed by atoms with Gasteiger partial charge < -0.3 is 14.4 Å². The van der Waals surface area contributed by atoms with Crippen LogP contribution >= 0.6 is 0 Å². The monoisotopic (exact) mass is 815 g/mol. The third kappa shape index (κ3) is 5.28. The molecule has 0 saturated heterocycles. The zero-order chi connectivity index (χ0) is 42.2. The molecule has 11 aromatic rings. The van der Waals surface area contributed by atoms with Crippen molar-refractivity contribution in [1.29, 1.82) is 0 Å². The van der Waals surface area contributed by atoms with Crippen LogP contribution in [0.3, 0.4) is 0 Å². The zero-order valence-electron chi connectivity index (χ0n) is 35.0. The van der Waals surface area contributed by atoms with Gasteiger partial charge in [-0.15, -0.1) is 0 Å². The highest BCUT2D eigenvalue weighted by Gasteiger charge is 2.52. The summed E-state index contributed by atoms with van der Waals surface area (Å²) >= 11 is 0. The molecule has 2 aliphatic rings. The van der Waals surface area contributed by atoms with E-state index in [1.54, 1.807) is 0 Å². The summed E-state index contributed by atoms with van der Waals surface area (Å²) in [7, 11) is 0. The summed E-state index contributed by atoms with van der Waals surface area (Å²) < 4.78 is 2.39. The van der Waals surface area contributed by atoms with Crippen LogP contribution in [0, 0.1) is 0 Å². The fraction of sp³-hybridized carbons (Fsp3) is 0.0164. The molecule has 1 aliphatic carbocycles. The van der Waals surface area contributed by atoms with Gasteiger partial charge in [-0.05, 0) is 124 Å². The first-order valence-corrected chi connectivity index (χ1v) is 22.1. The second-order valence-electron chi connectivity index (χ2n) is 16.9. The Kier molecular flexibility index (Phi) is 8.13. The molecule has 0 spiro atoms. The van der Waals surface area contributed by atoms with E-state index in [1.165, 1.54) is 77.7 Å². The van der Waals surface area contributed by atoms with Crippen molar-refractivity contribution in [2.45, 2.75) is 5.41 Å². The van der Waals surface area contributed by atoms with Gasteiger partial charge in [0.15, 0.2) is 0 Å². The Bertz CT molecular complexity index is 3540. The van der Waals surface area contributed by atoms with Crippen molar-refractivity contribution in [1.82, 2.24) is 4.57 Å². The Morgan fingerprint density at radius 3 is 1.72 bits per heavy atom. The van der Waals surface area contributed by atoms with E-state index >= 15 is 0 Å². The average Bonchev–Trinajstić information content (AvgIpc) is 3.86. The highest BCUT2D eigenvalue weighted by molar-refractivity contribution is 6.10. The molecular formula is C61H41N3. The Balaban J connectivity index is 0.962. The van der Waals surface area contributed by atoms with E-state index < -0.39 is 5.41 Å². The minimum atomic E-state index is -0.509. The Labute approximate surface area is 373 Å². The van der Waals surface area contributed by atoms with Crippen LogP contribution in [0.15, 0.2) is 249 Å². The minimum absolute atomic E-state index is 0.509.